The molecule has 3 rings (SSSR count). The molecule has 0 unspecified atom stereocenters. The summed E-state index contributed by atoms with van der Waals surface area (Å²) in [6.07, 6.45) is 2.81. The molecule has 0 saturated heterocycles. The van der Waals surface area contributed by atoms with E-state index in [1.807, 2.05) is 20.8 Å². The van der Waals surface area contributed by atoms with Crippen molar-refractivity contribution in [3.8, 4) is 5.88 Å². The average molecular weight is 347 g/mol. The fraction of sp³-hybridized carbons (Fsp3) is 0.500. The minimum Gasteiger partial charge on any atom is -0.494 e. The van der Waals surface area contributed by atoms with Crippen LogP contribution in [0.25, 0.3) is 5.65 Å². The SMILES string of the molecule is CC(C)(C)Cn1c(O)c(C(=O)NC2CC2)c(=O)n2nc(C=NO)cc12. The Hall–Kier alpha value is -2.84. The highest BCUT2D eigenvalue weighted by Crippen LogP contribution is 2.26. The Bertz CT molecular complexity index is 915. The average Bonchev–Trinajstić information content (AvgIpc) is 3.20. The first-order chi connectivity index (χ1) is 11.7. The van der Waals surface area contributed by atoms with E-state index < -0.39 is 17.3 Å². The van der Waals surface area contributed by atoms with Gasteiger partial charge in [0.1, 0.15) is 11.3 Å². The standard InChI is InChI=1S/C16H21N5O4/c1-16(2,3)8-20-11-6-10(7-17-25)19-21(11)15(24)12(14(20)23)13(22)18-9-4-5-9/h6-7,9,23,25H,4-5,8H2,1-3H3,(H,18,22). The van der Waals surface area contributed by atoms with Gasteiger partial charge < -0.3 is 15.6 Å². The van der Waals surface area contributed by atoms with Gasteiger partial charge in [0.2, 0.25) is 5.88 Å². The van der Waals surface area contributed by atoms with Crippen molar-refractivity contribution in [2.75, 3.05) is 0 Å². The third-order valence-corrected chi connectivity index (χ3v) is 3.83. The highest BCUT2D eigenvalue weighted by atomic mass is 16.4. The van der Waals surface area contributed by atoms with Gasteiger partial charge in [-0.15, -0.1) is 0 Å². The first kappa shape index (κ1) is 17.0. The van der Waals surface area contributed by atoms with Crippen LogP contribution in [-0.2, 0) is 6.54 Å². The number of hydrogen-bond acceptors (Lipinski definition) is 6. The van der Waals surface area contributed by atoms with Gasteiger partial charge in [-0.25, -0.2) is 0 Å². The number of fused-ring (bicyclic) bond motifs is 1. The molecule has 1 fully saturated rings. The van der Waals surface area contributed by atoms with Crippen LogP contribution < -0.4 is 10.9 Å². The number of carbonyl (C=O) groups excluding carboxylic acids is 1. The summed E-state index contributed by atoms with van der Waals surface area (Å²) in [7, 11) is 0. The van der Waals surface area contributed by atoms with Crippen molar-refractivity contribution in [2.45, 2.75) is 46.2 Å². The fourth-order valence-corrected chi connectivity index (χ4v) is 2.61. The van der Waals surface area contributed by atoms with E-state index in [1.54, 1.807) is 0 Å². The zero-order chi connectivity index (χ0) is 18.4. The van der Waals surface area contributed by atoms with Crippen LogP contribution in [0.15, 0.2) is 16.0 Å². The predicted molar refractivity (Wildman–Crippen MR) is 90.4 cm³/mol. The molecular weight excluding hydrogens is 326 g/mol. The van der Waals surface area contributed by atoms with Gasteiger partial charge >= 0.3 is 0 Å². The Morgan fingerprint density at radius 1 is 1.48 bits per heavy atom. The molecule has 2 aromatic heterocycles. The van der Waals surface area contributed by atoms with E-state index in [0.29, 0.717) is 12.2 Å². The predicted octanol–water partition coefficient (Wildman–Crippen LogP) is 0.948. The third-order valence-electron chi connectivity index (χ3n) is 3.83. The van der Waals surface area contributed by atoms with Gasteiger partial charge in [0.15, 0.2) is 5.56 Å². The number of carbonyl (C=O) groups is 1. The molecule has 0 bridgehead atoms. The van der Waals surface area contributed by atoms with Crippen LogP contribution >= 0.6 is 0 Å². The molecule has 2 heterocycles. The van der Waals surface area contributed by atoms with Gasteiger partial charge in [-0.3, -0.25) is 14.2 Å². The number of aromatic nitrogens is 3. The lowest BCUT2D eigenvalue weighted by molar-refractivity contribution is 0.0944. The van der Waals surface area contributed by atoms with E-state index in [2.05, 4.69) is 15.6 Å². The maximum absolute atomic E-state index is 12.7. The Kier molecular flexibility index (Phi) is 4.02. The summed E-state index contributed by atoms with van der Waals surface area (Å²) in [5.41, 5.74) is -0.725. The smallest absolute Gasteiger partial charge is 0.291 e. The zero-order valence-electron chi connectivity index (χ0n) is 14.4. The second-order valence-electron chi connectivity index (χ2n) is 7.48. The first-order valence-electron chi connectivity index (χ1n) is 8.05. The number of rotatable bonds is 4. The Morgan fingerprint density at radius 2 is 2.16 bits per heavy atom. The summed E-state index contributed by atoms with van der Waals surface area (Å²) in [4.78, 5) is 25.1. The molecule has 9 heteroatoms. The van der Waals surface area contributed by atoms with Gasteiger partial charge in [-0.05, 0) is 18.3 Å². The fourth-order valence-electron chi connectivity index (χ4n) is 2.61. The summed E-state index contributed by atoms with van der Waals surface area (Å²) < 4.78 is 2.52. The molecule has 0 radical (unpaired) electrons. The maximum atomic E-state index is 12.7. The second-order valence-corrected chi connectivity index (χ2v) is 7.48. The van der Waals surface area contributed by atoms with Crippen molar-refractivity contribution >= 4 is 17.8 Å². The largest absolute Gasteiger partial charge is 0.494 e. The van der Waals surface area contributed by atoms with Crippen molar-refractivity contribution in [1.82, 2.24) is 19.5 Å². The molecule has 1 saturated carbocycles. The van der Waals surface area contributed by atoms with Crippen molar-refractivity contribution in [1.29, 1.82) is 0 Å². The molecule has 134 valence electrons. The number of hydrogen-bond donors (Lipinski definition) is 3. The first-order valence-corrected chi connectivity index (χ1v) is 8.05. The molecule has 0 aliphatic heterocycles. The Morgan fingerprint density at radius 3 is 2.72 bits per heavy atom. The topological polar surface area (TPSA) is 121 Å². The lowest BCUT2D eigenvalue weighted by atomic mass is 9.96. The number of nitrogens with one attached hydrogen (secondary N) is 1. The molecule has 25 heavy (non-hydrogen) atoms. The van der Waals surface area contributed by atoms with Crippen molar-refractivity contribution in [3.63, 3.8) is 0 Å². The van der Waals surface area contributed by atoms with E-state index in [-0.39, 0.29) is 22.7 Å². The summed E-state index contributed by atoms with van der Waals surface area (Å²) in [5, 5.41) is 29.0. The second kappa shape index (κ2) is 5.91. The lowest BCUT2D eigenvalue weighted by Gasteiger charge is -2.23. The summed E-state index contributed by atoms with van der Waals surface area (Å²) in [6, 6.07) is 1.56. The summed E-state index contributed by atoms with van der Waals surface area (Å²) in [5.74, 6) is -1.000. The summed E-state index contributed by atoms with van der Waals surface area (Å²) in [6.45, 7) is 6.26. The Balaban J connectivity index is 2.24. The molecule has 0 spiro atoms. The molecule has 1 amide bonds. The van der Waals surface area contributed by atoms with Crippen LogP contribution in [0.2, 0.25) is 0 Å². The van der Waals surface area contributed by atoms with Crippen molar-refractivity contribution in [2.24, 2.45) is 10.6 Å². The van der Waals surface area contributed by atoms with E-state index in [4.69, 9.17) is 5.21 Å². The van der Waals surface area contributed by atoms with Crippen LogP contribution in [-0.4, -0.2) is 42.7 Å². The van der Waals surface area contributed by atoms with Crippen LogP contribution in [0.5, 0.6) is 5.88 Å². The number of nitrogens with zero attached hydrogens (tertiary/aromatic N) is 4. The van der Waals surface area contributed by atoms with Gasteiger partial charge in [-0.2, -0.15) is 9.61 Å². The number of oxime groups is 1. The third kappa shape index (κ3) is 3.35. The van der Waals surface area contributed by atoms with Crippen LogP contribution in [0, 0.1) is 5.41 Å². The number of amides is 1. The molecule has 0 atom stereocenters. The quantitative estimate of drug-likeness (QED) is 0.432. The van der Waals surface area contributed by atoms with Crippen molar-refractivity contribution in [3.05, 3.63) is 27.7 Å². The van der Waals surface area contributed by atoms with Crippen LogP contribution in [0.1, 0.15) is 49.7 Å². The monoisotopic (exact) mass is 347 g/mol. The van der Waals surface area contributed by atoms with Crippen LogP contribution in [0.4, 0.5) is 0 Å². The minimum absolute atomic E-state index is 0.0489. The van der Waals surface area contributed by atoms with Gasteiger partial charge in [0.25, 0.3) is 11.5 Å². The van der Waals surface area contributed by atoms with E-state index in [0.717, 1.165) is 23.6 Å². The minimum atomic E-state index is -0.714. The molecule has 9 nitrogen and oxygen atoms in total. The Labute approximate surface area is 143 Å². The zero-order valence-corrected chi connectivity index (χ0v) is 14.4. The van der Waals surface area contributed by atoms with E-state index >= 15 is 0 Å². The van der Waals surface area contributed by atoms with Gasteiger partial charge in [0, 0.05) is 18.7 Å². The van der Waals surface area contributed by atoms with Gasteiger partial charge in [0.05, 0.1) is 6.21 Å². The number of aromatic hydroxyl groups is 1. The highest BCUT2D eigenvalue weighted by Gasteiger charge is 2.30. The van der Waals surface area contributed by atoms with Crippen molar-refractivity contribution < 1.29 is 15.1 Å². The van der Waals surface area contributed by atoms with Crippen LogP contribution in [0.3, 0.4) is 0 Å². The van der Waals surface area contributed by atoms with E-state index in [1.165, 1.54) is 10.6 Å². The van der Waals surface area contributed by atoms with Gasteiger partial charge in [-0.1, -0.05) is 25.9 Å². The summed E-state index contributed by atoms with van der Waals surface area (Å²) >= 11 is 0. The maximum Gasteiger partial charge on any atom is 0.291 e. The molecule has 2 aromatic rings. The molecule has 0 aromatic carbocycles. The lowest BCUT2D eigenvalue weighted by Crippen LogP contribution is -2.35. The molecule has 3 N–H and O–H groups in total. The normalized spacial score (nSPS) is 15.2. The molecule has 1 aliphatic carbocycles. The molecular formula is C16H21N5O4. The molecule has 1 aliphatic rings. The van der Waals surface area contributed by atoms with E-state index in [9.17, 15) is 14.7 Å². The highest BCUT2D eigenvalue weighted by molar-refractivity contribution is 5.96.